The first-order valence-corrected chi connectivity index (χ1v) is 7.55. The predicted octanol–water partition coefficient (Wildman–Crippen LogP) is 3.19. The molecule has 0 amide bonds. The lowest BCUT2D eigenvalue weighted by atomic mass is 9.86. The van der Waals surface area contributed by atoms with Crippen LogP contribution in [0.15, 0.2) is 0 Å². The summed E-state index contributed by atoms with van der Waals surface area (Å²) in [7, 11) is 0. The van der Waals surface area contributed by atoms with Crippen LogP contribution in [0.3, 0.4) is 0 Å². The van der Waals surface area contributed by atoms with E-state index in [0.29, 0.717) is 6.04 Å². The van der Waals surface area contributed by atoms with Crippen molar-refractivity contribution in [1.82, 2.24) is 4.90 Å². The molecule has 17 heavy (non-hydrogen) atoms. The summed E-state index contributed by atoms with van der Waals surface area (Å²) in [6.45, 7) is 7.13. The minimum atomic E-state index is -0.292. The highest BCUT2D eigenvalue weighted by atomic mass is 16.3. The third-order valence-electron chi connectivity index (χ3n) is 4.83. The maximum Gasteiger partial charge on any atom is 0.0648 e. The van der Waals surface area contributed by atoms with Crippen molar-refractivity contribution in [2.24, 2.45) is 5.92 Å². The van der Waals surface area contributed by atoms with Gasteiger partial charge >= 0.3 is 0 Å². The van der Waals surface area contributed by atoms with Crippen molar-refractivity contribution in [2.75, 3.05) is 13.1 Å². The van der Waals surface area contributed by atoms with E-state index < -0.39 is 0 Å². The van der Waals surface area contributed by atoms with Gasteiger partial charge in [0, 0.05) is 12.6 Å². The maximum absolute atomic E-state index is 10.4. The molecule has 0 aromatic carbocycles. The number of likely N-dealkylation sites (tertiary alicyclic amines) is 1. The van der Waals surface area contributed by atoms with E-state index in [4.69, 9.17) is 0 Å². The third kappa shape index (κ3) is 3.69. The van der Waals surface area contributed by atoms with Crippen LogP contribution < -0.4 is 0 Å². The molecule has 100 valence electrons. The molecule has 1 aliphatic carbocycles. The van der Waals surface area contributed by atoms with Crippen molar-refractivity contribution in [3.05, 3.63) is 0 Å². The molecule has 1 heterocycles. The van der Waals surface area contributed by atoms with Gasteiger partial charge in [-0.15, -0.1) is 0 Å². The Morgan fingerprint density at radius 3 is 2.59 bits per heavy atom. The van der Waals surface area contributed by atoms with Crippen LogP contribution in [0, 0.1) is 5.92 Å². The number of nitrogens with zero attached hydrogens (tertiary/aromatic N) is 1. The van der Waals surface area contributed by atoms with Gasteiger partial charge in [0.15, 0.2) is 0 Å². The summed E-state index contributed by atoms with van der Waals surface area (Å²) >= 11 is 0. The molecule has 1 unspecified atom stereocenters. The fraction of sp³-hybridized carbons (Fsp3) is 1.00. The first-order valence-electron chi connectivity index (χ1n) is 7.55. The Labute approximate surface area is 106 Å². The largest absolute Gasteiger partial charge is 0.390 e. The second-order valence-corrected chi connectivity index (χ2v) is 6.57. The van der Waals surface area contributed by atoms with Crippen LogP contribution in [0.2, 0.25) is 0 Å². The molecular weight excluding hydrogens is 210 g/mol. The normalized spacial score (nSPS) is 30.0. The molecule has 0 spiro atoms. The van der Waals surface area contributed by atoms with E-state index >= 15 is 0 Å². The molecule has 0 radical (unpaired) electrons. The van der Waals surface area contributed by atoms with Crippen molar-refractivity contribution in [3.8, 4) is 0 Å². The number of hydrogen-bond acceptors (Lipinski definition) is 2. The molecule has 2 heteroatoms. The Morgan fingerprint density at radius 1 is 1.24 bits per heavy atom. The van der Waals surface area contributed by atoms with Crippen molar-refractivity contribution < 1.29 is 5.11 Å². The summed E-state index contributed by atoms with van der Waals surface area (Å²) in [5.41, 5.74) is -0.292. The minimum absolute atomic E-state index is 0.292. The predicted molar refractivity (Wildman–Crippen MR) is 72.1 cm³/mol. The van der Waals surface area contributed by atoms with Gasteiger partial charge in [0.25, 0.3) is 0 Å². The van der Waals surface area contributed by atoms with Gasteiger partial charge in [-0.3, -0.25) is 0 Å². The summed E-state index contributed by atoms with van der Waals surface area (Å²) in [5.74, 6) is 0.829. The molecule has 0 aromatic heterocycles. The highest BCUT2D eigenvalue weighted by Crippen LogP contribution is 2.35. The van der Waals surface area contributed by atoms with Crippen molar-refractivity contribution in [1.29, 1.82) is 0 Å². The first-order chi connectivity index (χ1) is 8.09. The van der Waals surface area contributed by atoms with Crippen molar-refractivity contribution in [2.45, 2.75) is 76.9 Å². The monoisotopic (exact) mass is 239 g/mol. The topological polar surface area (TPSA) is 23.5 Å². The summed E-state index contributed by atoms with van der Waals surface area (Å²) in [5, 5.41) is 10.4. The molecule has 0 bridgehead atoms. The lowest BCUT2D eigenvalue weighted by molar-refractivity contribution is 0.0259. The first kappa shape index (κ1) is 13.4. The number of rotatable bonds is 4. The van der Waals surface area contributed by atoms with Crippen LogP contribution in [-0.4, -0.2) is 34.7 Å². The number of aliphatic hydroxyl groups is 1. The van der Waals surface area contributed by atoms with Crippen LogP contribution in [0.1, 0.15) is 65.2 Å². The second-order valence-electron chi connectivity index (χ2n) is 6.57. The van der Waals surface area contributed by atoms with Crippen LogP contribution in [-0.2, 0) is 0 Å². The molecule has 2 fully saturated rings. The van der Waals surface area contributed by atoms with Crippen LogP contribution in [0.25, 0.3) is 0 Å². The standard InChI is InChI=1S/C15H29NO/c1-13(2)16-11-5-6-14(12-16)7-10-15(17)8-3-4-9-15/h13-14,17H,3-12H2,1-2H3. The van der Waals surface area contributed by atoms with Crippen LogP contribution in [0.4, 0.5) is 0 Å². The van der Waals surface area contributed by atoms with Gasteiger partial charge < -0.3 is 10.0 Å². The third-order valence-corrected chi connectivity index (χ3v) is 4.83. The van der Waals surface area contributed by atoms with E-state index in [1.54, 1.807) is 0 Å². The molecular formula is C15H29NO. The number of piperidine rings is 1. The van der Waals surface area contributed by atoms with Crippen molar-refractivity contribution in [3.63, 3.8) is 0 Å². The van der Waals surface area contributed by atoms with Gasteiger partial charge in [0.1, 0.15) is 0 Å². The molecule has 1 saturated carbocycles. The molecule has 1 N–H and O–H groups in total. The summed E-state index contributed by atoms with van der Waals surface area (Å²) in [6.07, 6.45) is 9.57. The molecule has 1 atom stereocenters. The van der Waals surface area contributed by atoms with Gasteiger partial charge in [-0.1, -0.05) is 12.8 Å². The Kier molecular flexibility index (Phi) is 4.48. The Hall–Kier alpha value is -0.0800. The Balaban J connectivity index is 1.75. The van der Waals surface area contributed by atoms with E-state index in [1.165, 1.54) is 45.2 Å². The zero-order valence-electron chi connectivity index (χ0n) is 11.6. The maximum atomic E-state index is 10.4. The summed E-state index contributed by atoms with van der Waals surface area (Å²) in [6, 6.07) is 0.687. The fourth-order valence-corrected chi connectivity index (χ4v) is 3.56. The van der Waals surface area contributed by atoms with Crippen LogP contribution in [0.5, 0.6) is 0 Å². The highest BCUT2D eigenvalue weighted by Gasteiger charge is 2.32. The smallest absolute Gasteiger partial charge is 0.0648 e. The molecule has 2 rings (SSSR count). The zero-order chi connectivity index (χ0) is 12.3. The van der Waals surface area contributed by atoms with E-state index in [1.807, 2.05) is 0 Å². The SMILES string of the molecule is CC(C)N1CCCC(CCC2(O)CCCC2)C1. The number of hydrogen-bond donors (Lipinski definition) is 1. The second kappa shape index (κ2) is 5.71. The average molecular weight is 239 g/mol. The molecule has 1 aliphatic heterocycles. The average Bonchev–Trinajstić information content (AvgIpc) is 2.75. The van der Waals surface area contributed by atoms with Crippen molar-refractivity contribution >= 4 is 0 Å². The highest BCUT2D eigenvalue weighted by molar-refractivity contribution is 4.86. The van der Waals surface area contributed by atoms with Gasteiger partial charge in [-0.05, 0) is 64.8 Å². The Morgan fingerprint density at radius 2 is 1.94 bits per heavy atom. The minimum Gasteiger partial charge on any atom is -0.390 e. The quantitative estimate of drug-likeness (QED) is 0.814. The van der Waals surface area contributed by atoms with Crippen LogP contribution >= 0.6 is 0 Å². The van der Waals surface area contributed by atoms with Gasteiger partial charge in [-0.2, -0.15) is 0 Å². The van der Waals surface area contributed by atoms with Gasteiger partial charge in [0.05, 0.1) is 5.60 Å². The van der Waals surface area contributed by atoms with Gasteiger partial charge in [-0.25, -0.2) is 0 Å². The fourth-order valence-electron chi connectivity index (χ4n) is 3.56. The molecule has 2 nitrogen and oxygen atoms in total. The van der Waals surface area contributed by atoms with E-state index in [-0.39, 0.29) is 5.60 Å². The van der Waals surface area contributed by atoms with Gasteiger partial charge in [0.2, 0.25) is 0 Å². The lowest BCUT2D eigenvalue weighted by Gasteiger charge is -2.36. The van der Waals surface area contributed by atoms with E-state index in [2.05, 4.69) is 18.7 Å². The van der Waals surface area contributed by atoms with E-state index in [0.717, 1.165) is 25.2 Å². The summed E-state index contributed by atoms with van der Waals surface area (Å²) < 4.78 is 0. The Bertz CT molecular complexity index is 233. The zero-order valence-corrected chi connectivity index (χ0v) is 11.6. The molecule has 0 aromatic rings. The summed E-state index contributed by atoms with van der Waals surface area (Å²) in [4.78, 5) is 2.60. The molecule has 2 aliphatic rings. The lowest BCUT2D eigenvalue weighted by Crippen LogP contribution is -2.40. The molecule has 1 saturated heterocycles. The van der Waals surface area contributed by atoms with E-state index in [9.17, 15) is 5.11 Å².